The SMILES string of the molecule is N#CC(C#N)=CNc1ccc(C(=O)O)c(Cl)c1Cl. The molecule has 0 atom stereocenters. The lowest BCUT2D eigenvalue weighted by molar-refractivity contribution is 0.0697. The predicted molar refractivity (Wildman–Crippen MR) is 66.4 cm³/mol. The van der Waals surface area contributed by atoms with Crippen LogP contribution in [0.15, 0.2) is 23.9 Å². The summed E-state index contributed by atoms with van der Waals surface area (Å²) in [6.45, 7) is 0. The second-order valence-corrected chi connectivity index (χ2v) is 3.78. The number of nitrogens with zero attached hydrogens (tertiary/aromatic N) is 2. The molecular formula is C11H5Cl2N3O2. The summed E-state index contributed by atoms with van der Waals surface area (Å²) >= 11 is 11.6. The Bertz CT molecular complexity index is 596. The zero-order valence-corrected chi connectivity index (χ0v) is 10.2. The van der Waals surface area contributed by atoms with Gasteiger partial charge in [0.15, 0.2) is 0 Å². The first-order valence-electron chi connectivity index (χ1n) is 4.49. The van der Waals surface area contributed by atoms with E-state index in [0.717, 1.165) is 6.20 Å². The van der Waals surface area contributed by atoms with E-state index in [2.05, 4.69) is 5.32 Å². The molecular weight excluding hydrogens is 277 g/mol. The molecule has 1 rings (SSSR count). The van der Waals surface area contributed by atoms with Crippen molar-refractivity contribution in [2.75, 3.05) is 5.32 Å². The highest BCUT2D eigenvalue weighted by molar-refractivity contribution is 6.45. The van der Waals surface area contributed by atoms with E-state index in [9.17, 15) is 4.79 Å². The van der Waals surface area contributed by atoms with Crippen LogP contribution in [0.2, 0.25) is 10.0 Å². The van der Waals surface area contributed by atoms with Crippen LogP contribution in [-0.4, -0.2) is 11.1 Å². The van der Waals surface area contributed by atoms with Gasteiger partial charge in [-0.05, 0) is 12.1 Å². The molecule has 2 N–H and O–H groups in total. The molecule has 0 saturated carbocycles. The van der Waals surface area contributed by atoms with Gasteiger partial charge < -0.3 is 10.4 Å². The molecule has 0 unspecified atom stereocenters. The Morgan fingerprint density at radius 1 is 1.28 bits per heavy atom. The van der Waals surface area contributed by atoms with Gasteiger partial charge in [-0.15, -0.1) is 0 Å². The van der Waals surface area contributed by atoms with Crippen molar-refractivity contribution < 1.29 is 9.90 Å². The number of carbonyl (C=O) groups is 1. The van der Waals surface area contributed by atoms with Gasteiger partial charge in [0.1, 0.15) is 17.7 Å². The van der Waals surface area contributed by atoms with E-state index in [1.165, 1.54) is 12.1 Å². The number of anilines is 1. The molecule has 0 fully saturated rings. The number of hydrogen-bond donors (Lipinski definition) is 2. The number of hydrogen-bond acceptors (Lipinski definition) is 4. The van der Waals surface area contributed by atoms with Crippen LogP contribution in [0, 0.1) is 22.7 Å². The fourth-order valence-corrected chi connectivity index (χ4v) is 1.53. The summed E-state index contributed by atoms with van der Waals surface area (Å²) < 4.78 is 0. The standard InChI is InChI=1S/C11H5Cl2N3O2/c12-9-7(11(17)18)1-2-8(10(9)13)16-5-6(3-14)4-15/h1-2,5,16H,(H,17,18). The summed E-state index contributed by atoms with van der Waals surface area (Å²) in [5.41, 5.74) is 0.0242. The second kappa shape index (κ2) is 5.92. The fourth-order valence-electron chi connectivity index (χ4n) is 1.07. The van der Waals surface area contributed by atoms with Gasteiger partial charge in [0.05, 0.1) is 21.3 Å². The lowest BCUT2D eigenvalue weighted by Gasteiger charge is -2.07. The highest BCUT2D eigenvalue weighted by Gasteiger charge is 2.14. The normalized spacial score (nSPS) is 8.89. The van der Waals surface area contributed by atoms with Crippen molar-refractivity contribution in [3.63, 3.8) is 0 Å². The van der Waals surface area contributed by atoms with Crippen molar-refractivity contribution in [1.82, 2.24) is 0 Å². The maximum Gasteiger partial charge on any atom is 0.337 e. The molecule has 0 spiro atoms. The molecule has 5 nitrogen and oxygen atoms in total. The molecule has 1 aromatic carbocycles. The lowest BCUT2D eigenvalue weighted by Crippen LogP contribution is -1.99. The quantitative estimate of drug-likeness (QED) is 0.830. The van der Waals surface area contributed by atoms with Crippen LogP contribution < -0.4 is 5.32 Å². The topological polar surface area (TPSA) is 96.9 Å². The van der Waals surface area contributed by atoms with Gasteiger partial charge >= 0.3 is 5.97 Å². The number of rotatable bonds is 3. The highest BCUT2D eigenvalue weighted by Crippen LogP contribution is 2.33. The first-order valence-corrected chi connectivity index (χ1v) is 5.25. The molecule has 18 heavy (non-hydrogen) atoms. The Morgan fingerprint density at radius 2 is 1.89 bits per heavy atom. The van der Waals surface area contributed by atoms with E-state index in [0.29, 0.717) is 5.69 Å². The van der Waals surface area contributed by atoms with E-state index in [1.54, 1.807) is 12.1 Å². The zero-order valence-electron chi connectivity index (χ0n) is 8.74. The number of allylic oxidation sites excluding steroid dienone is 1. The maximum atomic E-state index is 10.8. The molecule has 90 valence electrons. The third-order valence-electron chi connectivity index (χ3n) is 1.93. The Kier molecular flexibility index (Phi) is 4.56. The maximum absolute atomic E-state index is 10.8. The van der Waals surface area contributed by atoms with Crippen LogP contribution in [0.5, 0.6) is 0 Å². The summed E-state index contributed by atoms with van der Waals surface area (Å²) in [6, 6.07) is 5.96. The van der Waals surface area contributed by atoms with Gasteiger partial charge in [-0.2, -0.15) is 10.5 Å². The molecule has 0 aromatic heterocycles. The number of nitriles is 2. The monoisotopic (exact) mass is 281 g/mol. The number of nitrogens with one attached hydrogen (secondary N) is 1. The van der Waals surface area contributed by atoms with Crippen molar-refractivity contribution in [3.05, 3.63) is 39.5 Å². The largest absolute Gasteiger partial charge is 0.478 e. The van der Waals surface area contributed by atoms with Crippen molar-refractivity contribution in [2.24, 2.45) is 0 Å². The number of carboxylic acids is 1. The average Bonchev–Trinajstić information content (AvgIpc) is 2.35. The molecule has 0 aliphatic rings. The van der Waals surface area contributed by atoms with Gasteiger partial charge in [-0.25, -0.2) is 4.79 Å². The lowest BCUT2D eigenvalue weighted by atomic mass is 10.2. The smallest absolute Gasteiger partial charge is 0.337 e. The Hall–Kier alpha value is -2.21. The molecule has 0 saturated heterocycles. The Labute approximate surface area is 112 Å². The Balaban J connectivity index is 3.12. The van der Waals surface area contributed by atoms with Crippen LogP contribution >= 0.6 is 23.2 Å². The van der Waals surface area contributed by atoms with Gasteiger partial charge in [-0.3, -0.25) is 0 Å². The van der Waals surface area contributed by atoms with Gasteiger partial charge in [-0.1, -0.05) is 23.2 Å². The fraction of sp³-hybridized carbons (Fsp3) is 0. The second-order valence-electron chi connectivity index (χ2n) is 3.02. The number of aromatic carboxylic acids is 1. The minimum Gasteiger partial charge on any atom is -0.478 e. The van der Waals surface area contributed by atoms with Crippen LogP contribution in [-0.2, 0) is 0 Å². The van der Waals surface area contributed by atoms with Crippen LogP contribution in [0.25, 0.3) is 0 Å². The summed E-state index contributed by atoms with van der Waals surface area (Å²) in [4.78, 5) is 10.8. The Morgan fingerprint density at radius 3 is 2.39 bits per heavy atom. The molecule has 7 heteroatoms. The minimum absolute atomic E-state index is 0.00282. The van der Waals surface area contributed by atoms with Crippen LogP contribution in [0.3, 0.4) is 0 Å². The van der Waals surface area contributed by atoms with E-state index >= 15 is 0 Å². The molecule has 0 aliphatic carbocycles. The molecule has 0 bridgehead atoms. The number of carboxylic acid groups (broad SMARTS) is 1. The average molecular weight is 282 g/mol. The van der Waals surface area contributed by atoms with Crippen molar-refractivity contribution >= 4 is 34.9 Å². The van der Waals surface area contributed by atoms with Crippen molar-refractivity contribution in [2.45, 2.75) is 0 Å². The zero-order chi connectivity index (χ0) is 13.7. The first-order chi connectivity index (χ1) is 8.51. The summed E-state index contributed by atoms with van der Waals surface area (Å²) in [5, 5.41) is 28.4. The summed E-state index contributed by atoms with van der Waals surface area (Å²) in [5.74, 6) is -1.20. The molecule has 1 aromatic rings. The predicted octanol–water partition coefficient (Wildman–Crippen LogP) is 3.03. The van der Waals surface area contributed by atoms with Crippen LogP contribution in [0.1, 0.15) is 10.4 Å². The molecule has 0 aliphatic heterocycles. The molecule has 0 heterocycles. The van der Waals surface area contributed by atoms with E-state index < -0.39 is 5.97 Å². The van der Waals surface area contributed by atoms with Gasteiger partial charge in [0.2, 0.25) is 0 Å². The summed E-state index contributed by atoms with van der Waals surface area (Å²) in [6.07, 6.45) is 1.15. The molecule has 0 radical (unpaired) electrons. The van der Waals surface area contributed by atoms with E-state index in [1.807, 2.05) is 0 Å². The van der Waals surface area contributed by atoms with E-state index in [-0.39, 0.29) is 21.2 Å². The third-order valence-corrected chi connectivity index (χ3v) is 2.81. The van der Waals surface area contributed by atoms with Gasteiger partial charge in [0.25, 0.3) is 0 Å². The highest BCUT2D eigenvalue weighted by atomic mass is 35.5. The minimum atomic E-state index is -1.20. The number of benzene rings is 1. The first kappa shape index (κ1) is 13.9. The summed E-state index contributed by atoms with van der Waals surface area (Å²) in [7, 11) is 0. The van der Waals surface area contributed by atoms with Crippen molar-refractivity contribution in [3.8, 4) is 12.1 Å². The van der Waals surface area contributed by atoms with Gasteiger partial charge in [0, 0.05) is 6.20 Å². The molecule has 0 amide bonds. The van der Waals surface area contributed by atoms with E-state index in [4.69, 9.17) is 38.8 Å². The van der Waals surface area contributed by atoms with Crippen LogP contribution in [0.4, 0.5) is 5.69 Å². The third kappa shape index (κ3) is 2.92. The van der Waals surface area contributed by atoms with Crippen molar-refractivity contribution in [1.29, 1.82) is 10.5 Å². The number of halogens is 2.